The van der Waals surface area contributed by atoms with Crippen molar-refractivity contribution in [3.05, 3.63) is 35.4 Å². The van der Waals surface area contributed by atoms with E-state index in [0.717, 1.165) is 39.9 Å². The molecule has 5 nitrogen and oxygen atoms in total. The number of hydrogen-bond acceptors (Lipinski definition) is 4. The normalized spacial score (nSPS) is 11.3. The standard InChI is InChI=1S/C14H15N5/c1-4-12-17-13-10(9(3)15)5-8(2)6-11(13)14-18-16-7-19(12)14/h5-7,15H,4H2,1-3H3. The van der Waals surface area contributed by atoms with Crippen molar-refractivity contribution in [2.75, 3.05) is 0 Å². The van der Waals surface area contributed by atoms with Gasteiger partial charge in [-0.25, -0.2) is 4.98 Å². The maximum Gasteiger partial charge on any atom is 0.171 e. The van der Waals surface area contributed by atoms with Crippen molar-refractivity contribution >= 4 is 22.3 Å². The number of aromatic nitrogens is 4. The van der Waals surface area contributed by atoms with Gasteiger partial charge >= 0.3 is 0 Å². The first-order chi connectivity index (χ1) is 9.11. The Bertz CT molecular complexity index is 800. The minimum absolute atomic E-state index is 0.520. The highest BCUT2D eigenvalue weighted by Crippen LogP contribution is 2.24. The molecule has 1 aromatic carbocycles. The monoisotopic (exact) mass is 253 g/mol. The van der Waals surface area contributed by atoms with Crippen LogP contribution in [0.25, 0.3) is 16.6 Å². The van der Waals surface area contributed by atoms with Gasteiger partial charge in [-0.05, 0) is 31.5 Å². The van der Waals surface area contributed by atoms with Gasteiger partial charge in [-0.1, -0.05) is 6.92 Å². The molecule has 0 amide bonds. The van der Waals surface area contributed by atoms with Gasteiger partial charge in [0.2, 0.25) is 0 Å². The molecular formula is C14H15N5. The second-order valence-corrected chi connectivity index (χ2v) is 4.74. The SMILES string of the molecule is CCc1nc2c(C(C)=N)cc(C)cc2c2nncn12. The van der Waals surface area contributed by atoms with Crippen LogP contribution in [0.15, 0.2) is 18.5 Å². The molecule has 0 unspecified atom stereocenters. The molecule has 19 heavy (non-hydrogen) atoms. The summed E-state index contributed by atoms with van der Waals surface area (Å²) in [6.45, 7) is 5.86. The smallest absolute Gasteiger partial charge is 0.171 e. The lowest BCUT2D eigenvalue weighted by molar-refractivity contribution is 0.908. The van der Waals surface area contributed by atoms with Crippen LogP contribution < -0.4 is 0 Å². The van der Waals surface area contributed by atoms with Crippen molar-refractivity contribution in [2.45, 2.75) is 27.2 Å². The van der Waals surface area contributed by atoms with Crippen molar-refractivity contribution in [2.24, 2.45) is 0 Å². The molecule has 0 fully saturated rings. The van der Waals surface area contributed by atoms with Crippen LogP contribution in [0, 0.1) is 12.3 Å². The molecule has 0 radical (unpaired) electrons. The number of aryl methyl sites for hydroxylation is 2. The van der Waals surface area contributed by atoms with Crippen molar-refractivity contribution in [3.8, 4) is 0 Å². The lowest BCUT2D eigenvalue weighted by atomic mass is 10.0. The molecule has 0 aliphatic rings. The number of fused-ring (bicyclic) bond motifs is 3. The Kier molecular flexibility index (Phi) is 2.55. The Morgan fingerprint density at radius 3 is 2.84 bits per heavy atom. The third-order valence-corrected chi connectivity index (χ3v) is 3.28. The van der Waals surface area contributed by atoms with Gasteiger partial charge in [0.05, 0.1) is 5.52 Å². The fraction of sp³-hybridized carbons (Fsp3) is 0.286. The summed E-state index contributed by atoms with van der Waals surface area (Å²) in [7, 11) is 0. The third-order valence-electron chi connectivity index (χ3n) is 3.28. The van der Waals surface area contributed by atoms with Crippen molar-refractivity contribution in [1.82, 2.24) is 19.6 Å². The Hall–Kier alpha value is -2.30. The minimum atomic E-state index is 0.520. The van der Waals surface area contributed by atoms with Crippen molar-refractivity contribution in [1.29, 1.82) is 5.41 Å². The average Bonchev–Trinajstić information content (AvgIpc) is 2.86. The van der Waals surface area contributed by atoms with Gasteiger partial charge in [-0.15, -0.1) is 10.2 Å². The summed E-state index contributed by atoms with van der Waals surface area (Å²) in [5.74, 6) is 0.916. The molecule has 2 aromatic heterocycles. The Morgan fingerprint density at radius 1 is 1.37 bits per heavy atom. The van der Waals surface area contributed by atoms with Crippen LogP contribution in [-0.2, 0) is 6.42 Å². The van der Waals surface area contributed by atoms with Crippen molar-refractivity contribution in [3.63, 3.8) is 0 Å². The van der Waals surface area contributed by atoms with E-state index in [1.807, 2.05) is 17.4 Å². The van der Waals surface area contributed by atoms with Gasteiger partial charge in [0.1, 0.15) is 12.2 Å². The lowest BCUT2D eigenvalue weighted by Crippen LogP contribution is -2.04. The zero-order valence-corrected chi connectivity index (χ0v) is 11.2. The van der Waals surface area contributed by atoms with E-state index in [2.05, 4.69) is 23.2 Å². The van der Waals surface area contributed by atoms with E-state index in [4.69, 9.17) is 10.4 Å². The molecule has 0 saturated carbocycles. The minimum Gasteiger partial charge on any atom is -0.305 e. The molecule has 1 N–H and O–H groups in total. The zero-order valence-electron chi connectivity index (χ0n) is 11.2. The summed E-state index contributed by atoms with van der Waals surface area (Å²) in [5.41, 5.74) is 4.15. The molecule has 0 aliphatic heterocycles. The Morgan fingerprint density at radius 2 is 2.16 bits per heavy atom. The fourth-order valence-electron chi connectivity index (χ4n) is 2.40. The van der Waals surface area contributed by atoms with E-state index in [9.17, 15) is 0 Å². The van der Waals surface area contributed by atoms with E-state index in [-0.39, 0.29) is 0 Å². The predicted octanol–water partition coefficient (Wildman–Crippen LogP) is 2.54. The highest BCUT2D eigenvalue weighted by Gasteiger charge is 2.13. The van der Waals surface area contributed by atoms with E-state index in [0.29, 0.717) is 5.71 Å². The maximum atomic E-state index is 7.93. The van der Waals surface area contributed by atoms with Crippen molar-refractivity contribution < 1.29 is 0 Å². The molecule has 0 spiro atoms. The van der Waals surface area contributed by atoms with Gasteiger partial charge in [-0.2, -0.15) is 0 Å². The molecule has 2 heterocycles. The quantitative estimate of drug-likeness (QED) is 0.714. The zero-order chi connectivity index (χ0) is 13.6. The molecular weight excluding hydrogens is 238 g/mol. The first-order valence-corrected chi connectivity index (χ1v) is 6.30. The number of nitrogens with one attached hydrogen (secondary N) is 1. The summed E-state index contributed by atoms with van der Waals surface area (Å²) < 4.78 is 1.92. The summed E-state index contributed by atoms with van der Waals surface area (Å²) >= 11 is 0. The molecule has 0 saturated heterocycles. The van der Waals surface area contributed by atoms with Crippen LogP contribution in [0.3, 0.4) is 0 Å². The van der Waals surface area contributed by atoms with Crippen LogP contribution >= 0.6 is 0 Å². The molecule has 0 atom stereocenters. The second kappa shape index (κ2) is 4.12. The number of hydrogen-bond donors (Lipinski definition) is 1. The average molecular weight is 253 g/mol. The van der Waals surface area contributed by atoms with Gasteiger partial charge in [0.25, 0.3) is 0 Å². The van der Waals surface area contributed by atoms with Gasteiger partial charge < -0.3 is 5.41 Å². The number of rotatable bonds is 2. The second-order valence-electron chi connectivity index (χ2n) is 4.74. The predicted molar refractivity (Wildman–Crippen MR) is 74.9 cm³/mol. The summed E-state index contributed by atoms with van der Waals surface area (Å²) in [4.78, 5) is 4.70. The van der Waals surface area contributed by atoms with E-state index >= 15 is 0 Å². The Balaban J connectivity index is 2.56. The highest BCUT2D eigenvalue weighted by molar-refractivity contribution is 6.09. The summed E-state index contributed by atoms with van der Waals surface area (Å²) in [6, 6.07) is 4.06. The fourth-order valence-corrected chi connectivity index (χ4v) is 2.40. The van der Waals surface area contributed by atoms with E-state index in [1.165, 1.54) is 0 Å². The van der Waals surface area contributed by atoms with Gasteiger partial charge in [0.15, 0.2) is 5.65 Å². The molecule has 5 heteroatoms. The largest absolute Gasteiger partial charge is 0.305 e. The van der Waals surface area contributed by atoms with E-state index < -0.39 is 0 Å². The van der Waals surface area contributed by atoms with Crippen LogP contribution in [0.5, 0.6) is 0 Å². The molecule has 0 bridgehead atoms. The van der Waals surface area contributed by atoms with Crippen LogP contribution in [0.4, 0.5) is 0 Å². The summed E-state index contributed by atoms with van der Waals surface area (Å²) in [6.07, 6.45) is 2.49. The van der Waals surface area contributed by atoms with Crippen LogP contribution in [-0.4, -0.2) is 25.3 Å². The third kappa shape index (κ3) is 1.69. The molecule has 3 aromatic rings. The number of benzene rings is 1. The van der Waals surface area contributed by atoms with Crippen LogP contribution in [0.1, 0.15) is 30.8 Å². The van der Waals surface area contributed by atoms with E-state index in [1.54, 1.807) is 13.3 Å². The molecule has 0 aliphatic carbocycles. The molecule has 3 rings (SSSR count). The van der Waals surface area contributed by atoms with Gasteiger partial charge in [-0.3, -0.25) is 4.40 Å². The maximum absolute atomic E-state index is 7.93. The summed E-state index contributed by atoms with van der Waals surface area (Å²) in [5, 5.41) is 17.1. The Labute approximate surface area is 110 Å². The van der Waals surface area contributed by atoms with Gasteiger partial charge in [0, 0.05) is 23.1 Å². The first-order valence-electron chi connectivity index (χ1n) is 6.30. The number of nitrogens with zero attached hydrogens (tertiary/aromatic N) is 4. The first kappa shape index (κ1) is 11.8. The molecule has 96 valence electrons. The topological polar surface area (TPSA) is 66.9 Å². The lowest BCUT2D eigenvalue weighted by Gasteiger charge is -2.10. The highest BCUT2D eigenvalue weighted by atomic mass is 15.2. The van der Waals surface area contributed by atoms with Crippen LogP contribution in [0.2, 0.25) is 0 Å².